The number of nitrogens with one attached hydrogen (secondary N) is 3. The van der Waals surface area contributed by atoms with Gasteiger partial charge in [0, 0.05) is 23.4 Å². The summed E-state index contributed by atoms with van der Waals surface area (Å²) in [6, 6.07) is 12.9. The second kappa shape index (κ2) is 8.77. The van der Waals surface area contributed by atoms with Gasteiger partial charge in [-0.3, -0.25) is 14.3 Å². The molecular formula is C23H25N3O4S. The van der Waals surface area contributed by atoms with Crippen molar-refractivity contribution in [2.75, 3.05) is 4.72 Å². The standard InChI is InChI=1S/C23H25N3O4S/c1-14-6-5-7-21(17(14)4)26-31(29,30)19-10-8-18(9-11-19)22(27)24-13-20-15(2)12-16(3)25-23(20)28/h5-12,26H,13H2,1-4H3,(H,24,27)(H,25,28). The van der Waals surface area contributed by atoms with E-state index in [2.05, 4.69) is 15.0 Å². The Bertz CT molecular complexity index is 1290. The summed E-state index contributed by atoms with van der Waals surface area (Å²) in [5, 5.41) is 2.70. The van der Waals surface area contributed by atoms with Crippen LogP contribution in [0.2, 0.25) is 0 Å². The molecule has 1 aromatic heterocycles. The fraction of sp³-hybridized carbons (Fsp3) is 0.217. The number of rotatable bonds is 6. The summed E-state index contributed by atoms with van der Waals surface area (Å²) in [5.74, 6) is -0.397. The first-order chi connectivity index (χ1) is 14.6. The number of aromatic amines is 1. The Labute approximate surface area is 181 Å². The molecule has 0 saturated heterocycles. The van der Waals surface area contributed by atoms with E-state index in [4.69, 9.17) is 0 Å². The van der Waals surface area contributed by atoms with Gasteiger partial charge in [0.15, 0.2) is 0 Å². The van der Waals surface area contributed by atoms with Gasteiger partial charge in [0.1, 0.15) is 0 Å². The van der Waals surface area contributed by atoms with Crippen LogP contribution in [-0.2, 0) is 16.6 Å². The molecular weight excluding hydrogens is 414 g/mol. The van der Waals surface area contributed by atoms with Crippen molar-refractivity contribution in [1.82, 2.24) is 10.3 Å². The van der Waals surface area contributed by atoms with E-state index in [9.17, 15) is 18.0 Å². The van der Waals surface area contributed by atoms with E-state index >= 15 is 0 Å². The first kappa shape index (κ1) is 22.3. The highest BCUT2D eigenvalue weighted by molar-refractivity contribution is 7.92. The van der Waals surface area contributed by atoms with Crippen molar-refractivity contribution in [1.29, 1.82) is 0 Å². The minimum absolute atomic E-state index is 0.0516. The van der Waals surface area contributed by atoms with Gasteiger partial charge < -0.3 is 10.3 Å². The second-order valence-corrected chi connectivity index (χ2v) is 9.19. The lowest BCUT2D eigenvalue weighted by Crippen LogP contribution is -2.28. The maximum absolute atomic E-state index is 12.7. The van der Waals surface area contributed by atoms with Gasteiger partial charge in [0.05, 0.1) is 10.6 Å². The number of H-pyrrole nitrogens is 1. The molecule has 0 atom stereocenters. The van der Waals surface area contributed by atoms with Crippen LogP contribution in [0.5, 0.6) is 0 Å². The van der Waals surface area contributed by atoms with Crippen molar-refractivity contribution in [3.8, 4) is 0 Å². The minimum Gasteiger partial charge on any atom is -0.348 e. The van der Waals surface area contributed by atoms with Gasteiger partial charge in [-0.15, -0.1) is 0 Å². The first-order valence-electron chi connectivity index (χ1n) is 9.75. The van der Waals surface area contributed by atoms with Crippen molar-refractivity contribution < 1.29 is 13.2 Å². The Kier molecular flexibility index (Phi) is 6.31. The zero-order valence-corrected chi connectivity index (χ0v) is 18.7. The smallest absolute Gasteiger partial charge is 0.261 e. The van der Waals surface area contributed by atoms with Crippen LogP contribution in [0.3, 0.4) is 0 Å². The largest absolute Gasteiger partial charge is 0.348 e. The Morgan fingerprint density at radius 1 is 0.968 bits per heavy atom. The van der Waals surface area contributed by atoms with Crippen LogP contribution in [0.25, 0.3) is 0 Å². The summed E-state index contributed by atoms with van der Waals surface area (Å²) >= 11 is 0. The highest BCUT2D eigenvalue weighted by atomic mass is 32.2. The third kappa shape index (κ3) is 5.03. The number of hydrogen-bond donors (Lipinski definition) is 3. The summed E-state index contributed by atoms with van der Waals surface area (Å²) in [7, 11) is -3.79. The molecule has 2 aromatic carbocycles. The summed E-state index contributed by atoms with van der Waals surface area (Å²) in [6.45, 7) is 7.44. The summed E-state index contributed by atoms with van der Waals surface area (Å²) < 4.78 is 28.0. The topological polar surface area (TPSA) is 108 Å². The number of anilines is 1. The molecule has 0 aliphatic carbocycles. The average molecular weight is 440 g/mol. The van der Waals surface area contributed by atoms with Gasteiger partial charge in [-0.2, -0.15) is 0 Å². The van der Waals surface area contributed by atoms with Crippen LogP contribution in [0, 0.1) is 27.7 Å². The highest BCUT2D eigenvalue weighted by Gasteiger charge is 2.17. The third-order valence-electron chi connectivity index (χ3n) is 5.20. The molecule has 0 unspecified atom stereocenters. The predicted octanol–water partition coefficient (Wildman–Crippen LogP) is 3.34. The predicted molar refractivity (Wildman–Crippen MR) is 121 cm³/mol. The van der Waals surface area contributed by atoms with Crippen LogP contribution in [-0.4, -0.2) is 19.3 Å². The molecule has 0 spiro atoms. The molecule has 162 valence electrons. The van der Waals surface area contributed by atoms with Gasteiger partial charge >= 0.3 is 0 Å². The molecule has 3 N–H and O–H groups in total. The van der Waals surface area contributed by atoms with Crippen LogP contribution in [0.15, 0.2) is 58.2 Å². The van der Waals surface area contributed by atoms with Crippen molar-refractivity contribution in [3.05, 3.63) is 92.4 Å². The van der Waals surface area contributed by atoms with E-state index in [1.807, 2.05) is 32.9 Å². The Morgan fingerprint density at radius 2 is 1.65 bits per heavy atom. The van der Waals surface area contributed by atoms with Crippen LogP contribution in [0.4, 0.5) is 5.69 Å². The lowest BCUT2D eigenvalue weighted by atomic mass is 10.1. The van der Waals surface area contributed by atoms with E-state index in [1.54, 1.807) is 19.1 Å². The highest BCUT2D eigenvalue weighted by Crippen LogP contribution is 2.22. The van der Waals surface area contributed by atoms with Gasteiger partial charge in [-0.05, 0) is 80.8 Å². The van der Waals surface area contributed by atoms with Gasteiger partial charge in [-0.25, -0.2) is 8.42 Å². The van der Waals surface area contributed by atoms with E-state index in [0.717, 1.165) is 22.4 Å². The second-order valence-electron chi connectivity index (χ2n) is 7.50. The van der Waals surface area contributed by atoms with Gasteiger partial charge in [-0.1, -0.05) is 12.1 Å². The van der Waals surface area contributed by atoms with Crippen molar-refractivity contribution in [2.45, 2.75) is 39.1 Å². The Balaban J connectivity index is 1.73. The number of carbonyl (C=O) groups is 1. The van der Waals surface area contributed by atoms with Crippen molar-refractivity contribution in [3.63, 3.8) is 0 Å². The zero-order valence-electron chi connectivity index (χ0n) is 17.9. The maximum Gasteiger partial charge on any atom is 0.261 e. The fourth-order valence-electron chi connectivity index (χ4n) is 3.22. The normalized spacial score (nSPS) is 11.2. The minimum atomic E-state index is -3.79. The van der Waals surface area contributed by atoms with Crippen LogP contribution < -0.4 is 15.6 Å². The molecule has 8 heteroatoms. The van der Waals surface area contributed by atoms with Crippen LogP contribution >= 0.6 is 0 Å². The number of aromatic nitrogens is 1. The summed E-state index contributed by atoms with van der Waals surface area (Å²) in [5.41, 5.74) is 4.43. The number of sulfonamides is 1. The maximum atomic E-state index is 12.7. The van der Waals surface area contributed by atoms with E-state index in [1.165, 1.54) is 24.3 Å². The molecule has 0 aliphatic heterocycles. The van der Waals surface area contributed by atoms with E-state index in [-0.39, 0.29) is 17.0 Å². The molecule has 0 bridgehead atoms. The number of amides is 1. The van der Waals surface area contributed by atoms with Gasteiger partial charge in [0.2, 0.25) is 0 Å². The quantitative estimate of drug-likeness (QED) is 0.547. The number of carbonyl (C=O) groups excluding carboxylic acids is 1. The molecule has 3 aromatic rings. The van der Waals surface area contributed by atoms with Crippen molar-refractivity contribution >= 4 is 21.6 Å². The Hall–Kier alpha value is -3.39. The van der Waals surface area contributed by atoms with E-state index < -0.39 is 15.9 Å². The third-order valence-corrected chi connectivity index (χ3v) is 6.58. The molecule has 0 radical (unpaired) electrons. The summed E-state index contributed by atoms with van der Waals surface area (Å²) in [4.78, 5) is 27.3. The van der Waals surface area contributed by atoms with Crippen molar-refractivity contribution in [2.24, 2.45) is 0 Å². The molecule has 0 saturated carbocycles. The molecule has 31 heavy (non-hydrogen) atoms. The molecule has 3 rings (SSSR count). The SMILES string of the molecule is Cc1cc(C)c(CNC(=O)c2ccc(S(=O)(=O)Nc3cccc(C)c3C)cc2)c(=O)[nH]1. The van der Waals surface area contributed by atoms with E-state index in [0.29, 0.717) is 16.8 Å². The first-order valence-corrected chi connectivity index (χ1v) is 11.2. The fourth-order valence-corrected chi connectivity index (χ4v) is 4.35. The molecule has 1 heterocycles. The number of benzene rings is 2. The summed E-state index contributed by atoms with van der Waals surface area (Å²) in [6.07, 6.45) is 0. The number of aryl methyl sites for hydroxylation is 3. The lowest BCUT2D eigenvalue weighted by molar-refractivity contribution is 0.0950. The monoisotopic (exact) mass is 439 g/mol. The lowest BCUT2D eigenvalue weighted by Gasteiger charge is -2.12. The number of hydrogen-bond acceptors (Lipinski definition) is 4. The van der Waals surface area contributed by atoms with Gasteiger partial charge in [0.25, 0.3) is 21.5 Å². The molecule has 7 nitrogen and oxygen atoms in total. The molecule has 0 fully saturated rings. The zero-order chi connectivity index (χ0) is 22.8. The number of pyridine rings is 1. The molecule has 0 aliphatic rings. The average Bonchev–Trinajstić information content (AvgIpc) is 2.70. The molecule has 1 amide bonds. The Morgan fingerprint density at radius 3 is 2.29 bits per heavy atom. The van der Waals surface area contributed by atoms with Crippen LogP contribution in [0.1, 0.15) is 38.3 Å².